The summed E-state index contributed by atoms with van der Waals surface area (Å²) < 4.78 is 16.8. The Labute approximate surface area is 697 Å². The first kappa shape index (κ1) is 69.1. The Hall–Kier alpha value is -16.2. The van der Waals surface area contributed by atoms with Gasteiger partial charge in [-0.2, -0.15) is 0 Å². The molecule has 7 heterocycles. The third-order valence-electron chi connectivity index (χ3n) is 24.8. The summed E-state index contributed by atoms with van der Waals surface area (Å²) in [6, 6.07) is 164. The van der Waals surface area contributed by atoms with Crippen molar-refractivity contribution in [2.45, 2.75) is 0 Å². The summed E-state index contributed by atoms with van der Waals surface area (Å²) in [6.45, 7) is 0. The zero-order chi connectivity index (χ0) is 79.6. The molecule has 0 unspecified atom stereocenters. The number of aromatic nitrogens is 7. The summed E-state index contributed by atoms with van der Waals surface area (Å²) in [4.78, 5) is 0. The van der Waals surface area contributed by atoms with Crippen LogP contribution in [-0.4, -0.2) is 32.0 Å². The molecule has 0 aliphatic carbocycles. The molecule has 7 aromatic heterocycles. The maximum absolute atomic E-state index is 2.43. The van der Waals surface area contributed by atoms with Crippen LogP contribution in [0.3, 0.4) is 0 Å². The highest BCUT2D eigenvalue weighted by Gasteiger charge is 2.24. The monoisotopic (exact) mass is 1540 g/mol. The second-order valence-electron chi connectivity index (χ2n) is 31.5. The van der Waals surface area contributed by atoms with Crippen molar-refractivity contribution < 1.29 is 0 Å². The molecule has 7 nitrogen and oxygen atoms in total. The number of benzene rings is 19. The smallest absolute Gasteiger partial charge is 0.0562 e. The Morgan fingerprint density at radius 3 is 0.504 bits per heavy atom. The van der Waals surface area contributed by atoms with Gasteiger partial charge in [-0.05, 0) is 198 Å². The van der Waals surface area contributed by atoms with Gasteiger partial charge in [-0.25, -0.2) is 0 Å². The highest BCUT2D eigenvalue weighted by Crippen LogP contribution is 2.45. The van der Waals surface area contributed by atoms with Crippen molar-refractivity contribution >= 4 is 153 Å². The van der Waals surface area contributed by atoms with Gasteiger partial charge in [0.15, 0.2) is 0 Å². The number of fused-ring (bicyclic) bond motifs is 21. The van der Waals surface area contributed by atoms with Gasteiger partial charge in [-0.3, -0.25) is 0 Å². The number of para-hydroxylation sites is 12. The summed E-state index contributed by atoms with van der Waals surface area (Å²) in [5.74, 6) is 0. The van der Waals surface area contributed by atoms with E-state index in [1.54, 1.807) is 0 Å². The summed E-state index contributed by atoms with van der Waals surface area (Å²) in [7, 11) is 0. The normalized spacial score (nSPS) is 11.8. The highest BCUT2D eigenvalue weighted by molar-refractivity contribution is 6.23. The minimum absolute atomic E-state index is 1.15. The van der Waals surface area contributed by atoms with Crippen LogP contribution < -0.4 is 0 Å². The minimum atomic E-state index is 1.15. The highest BCUT2D eigenvalue weighted by atomic mass is 15.0. The van der Waals surface area contributed by atoms with Crippen LogP contribution in [0.25, 0.3) is 215 Å². The fraction of sp³-hybridized carbons (Fsp3) is 0. The molecule has 0 spiro atoms. The van der Waals surface area contributed by atoms with E-state index in [2.05, 4.69) is 487 Å². The van der Waals surface area contributed by atoms with Gasteiger partial charge in [0.2, 0.25) is 0 Å². The molecule has 0 radical (unpaired) electrons. The average Bonchev–Trinajstić information content (AvgIpc) is 1.58. The number of hydrogen-bond acceptors (Lipinski definition) is 0. The number of nitrogens with zero attached hydrogens (tertiary/aromatic N) is 7. The Bertz CT molecular complexity index is 8390. The molecule has 121 heavy (non-hydrogen) atoms. The van der Waals surface area contributed by atoms with Gasteiger partial charge in [0.05, 0.1) is 77.2 Å². The van der Waals surface area contributed by atoms with Crippen molar-refractivity contribution in [3.8, 4) is 62.1 Å². The van der Waals surface area contributed by atoms with Gasteiger partial charge < -0.3 is 32.0 Å². The molecule has 0 saturated carbocycles. The van der Waals surface area contributed by atoms with Crippen LogP contribution in [0, 0.1) is 0 Å². The van der Waals surface area contributed by atoms with E-state index in [-0.39, 0.29) is 0 Å². The van der Waals surface area contributed by atoms with Crippen molar-refractivity contribution in [1.82, 2.24) is 32.0 Å². The first-order valence-electron chi connectivity index (χ1n) is 41.5. The van der Waals surface area contributed by atoms with E-state index in [1.165, 1.54) is 203 Å². The second-order valence-corrected chi connectivity index (χ2v) is 31.5. The van der Waals surface area contributed by atoms with Gasteiger partial charge in [-0.15, -0.1) is 0 Å². The molecule has 0 atom stereocenters. The predicted molar refractivity (Wildman–Crippen MR) is 511 cm³/mol. The Morgan fingerprint density at radius 2 is 0.256 bits per heavy atom. The van der Waals surface area contributed by atoms with Crippen molar-refractivity contribution in [2.24, 2.45) is 0 Å². The average molecular weight is 1540 g/mol. The topological polar surface area (TPSA) is 34.5 Å². The standard InChI is InChI=1S/C48H31N3.C36H24N2.C30H20N2/c1-3-13-34(14-4-1)49-43-20-10-7-17-37(43)40-29-33(25-28-46(40)49)32-23-26-36(27-24-32)51-45-22-12-9-19-39(45)42-30-41-38-18-8-11-21-44(38)50(47(41)31-48(42)51)35-15-5-2-6-16-35;1-3-11-25(12-4-1)26-19-21-28(22-20-26)38-34-18-10-8-16-30(34)32-23-31-29-15-7-9-17-33(29)37(35(31)24-36(32)38)27-13-5-2-6-14-27;1-3-11-21(12-4-1)31-27-17-9-7-15-23(27)25-19-26-24-16-8-10-18-28(24)32(30(26)20-29(25)31)22-13-5-2-6-14-22/h1-31H;1-24H;1-20H. The summed E-state index contributed by atoms with van der Waals surface area (Å²) in [5.41, 5.74) is 30.1. The molecule has 0 aliphatic rings. The maximum atomic E-state index is 2.43. The summed E-state index contributed by atoms with van der Waals surface area (Å²) in [5, 5.41) is 17.8. The molecule has 566 valence electrons. The van der Waals surface area contributed by atoms with E-state index in [0.29, 0.717) is 0 Å². The molecule has 0 saturated heterocycles. The lowest BCUT2D eigenvalue weighted by Crippen LogP contribution is -1.96. The third-order valence-corrected chi connectivity index (χ3v) is 24.8. The van der Waals surface area contributed by atoms with Gasteiger partial charge in [0, 0.05) is 115 Å². The number of rotatable bonds is 9. The summed E-state index contributed by atoms with van der Waals surface area (Å²) in [6.07, 6.45) is 0. The van der Waals surface area contributed by atoms with Crippen molar-refractivity contribution in [3.05, 3.63) is 455 Å². The molecular weight excluding hydrogens is 1470 g/mol. The van der Waals surface area contributed by atoms with Crippen molar-refractivity contribution in [3.63, 3.8) is 0 Å². The van der Waals surface area contributed by atoms with E-state index >= 15 is 0 Å². The third kappa shape index (κ3) is 11.2. The zero-order valence-electron chi connectivity index (χ0n) is 65.9. The molecular formula is C114H75N7. The minimum Gasteiger partial charge on any atom is -0.309 e. The van der Waals surface area contributed by atoms with E-state index in [1.807, 2.05) is 0 Å². The maximum Gasteiger partial charge on any atom is 0.0562 e. The molecule has 0 N–H and O–H groups in total. The van der Waals surface area contributed by atoms with Crippen LogP contribution in [0.15, 0.2) is 455 Å². The lowest BCUT2D eigenvalue weighted by atomic mass is 10.0. The Balaban J connectivity index is 0.000000106. The molecule has 0 aliphatic heterocycles. The van der Waals surface area contributed by atoms with E-state index in [4.69, 9.17) is 0 Å². The van der Waals surface area contributed by atoms with Crippen LogP contribution in [0.5, 0.6) is 0 Å². The van der Waals surface area contributed by atoms with Crippen LogP contribution in [0.1, 0.15) is 0 Å². The quantitative estimate of drug-likeness (QED) is 0.138. The van der Waals surface area contributed by atoms with E-state index in [9.17, 15) is 0 Å². The predicted octanol–water partition coefficient (Wildman–Crippen LogP) is 30.1. The lowest BCUT2D eigenvalue weighted by Gasteiger charge is -2.11. The second kappa shape index (κ2) is 28.3. The van der Waals surface area contributed by atoms with E-state index < -0.39 is 0 Å². The van der Waals surface area contributed by atoms with Gasteiger partial charge in [-0.1, -0.05) is 279 Å². The first-order chi connectivity index (χ1) is 60.1. The zero-order valence-corrected chi connectivity index (χ0v) is 65.9. The molecule has 26 aromatic rings. The van der Waals surface area contributed by atoms with Gasteiger partial charge in [0.1, 0.15) is 0 Å². The molecule has 7 heteroatoms. The van der Waals surface area contributed by atoms with Gasteiger partial charge in [0.25, 0.3) is 0 Å². The fourth-order valence-electron chi connectivity index (χ4n) is 19.5. The Morgan fingerprint density at radius 1 is 0.0909 bits per heavy atom. The molecule has 19 aromatic carbocycles. The van der Waals surface area contributed by atoms with Crippen LogP contribution in [0.2, 0.25) is 0 Å². The molecule has 0 amide bonds. The molecule has 26 rings (SSSR count). The van der Waals surface area contributed by atoms with E-state index in [0.717, 1.165) is 11.4 Å². The SMILES string of the molecule is c1ccc(-c2ccc(-n3c4ccccc4c4cc5c6ccccc6n(-c6ccccc6)c5cc43)cc2)cc1.c1ccc(-n2c3ccccc3c3cc(-c4ccc(-n5c6ccccc6c6cc7c8ccccc8n(-c8ccccc8)c7cc65)cc4)ccc32)cc1.c1ccc(-n2c3ccccc3c3cc4c5ccccc5n(-c5ccccc5)c4cc32)cc1. The van der Waals surface area contributed by atoms with Crippen LogP contribution in [0.4, 0.5) is 0 Å². The number of hydrogen-bond donors (Lipinski definition) is 0. The van der Waals surface area contributed by atoms with Crippen LogP contribution >= 0.6 is 0 Å². The van der Waals surface area contributed by atoms with Crippen LogP contribution in [-0.2, 0) is 0 Å². The van der Waals surface area contributed by atoms with Crippen molar-refractivity contribution in [1.29, 1.82) is 0 Å². The lowest BCUT2D eigenvalue weighted by molar-refractivity contribution is 1.16. The fourth-order valence-corrected chi connectivity index (χ4v) is 19.5. The van der Waals surface area contributed by atoms with Gasteiger partial charge >= 0.3 is 0 Å². The molecule has 0 fully saturated rings. The first-order valence-corrected chi connectivity index (χ1v) is 41.5. The largest absolute Gasteiger partial charge is 0.309 e. The molecule has 0 bridgehead atoms. The summed E-state index contributed by atoms with van der Waals surface area (Å²) >= 11 is 0. The Kier molecular flexibility index (Phi) is 16.2. The van der Waals surface area contributed by atoms with Crippen molar-refractivity contribution in [2.75, 3.05) is 0 Å².